The first-order valence-corrected chi connectivity index (χ1v) is 5.04. The molecule has 0 aromatic heterocycles. The van der Waals surface area contributed by atoms with Crippen molar-refractivity contribution in [2.75, 3.05) is 0 Å². The van der Waals surface area contributed by atoms with Crippen LogP contribution in [0.3, 0.4) is 0 Å². The molecule has 0 aliphatic carbocycles. The average Bonchev–Trinajstić information content (AvgIpc) is 2.12. The second-order valence-corrected chi connectivity index (χ2v) is 4.20. The minimum absolute atomic E-state index is 0.0168. The second-order valence-electron chi connectivity index (χ2n) is 3.28. The van der Waals surface area contributed by atoms with Crippen molar-refractivity contribution in [2.45, 2.75) is 19.4 Å². The van der Waals surface area contributed by atoms with E-state index in [1.54, 1.807) is 0 Å². The van der Waals surface area contributed by atoms with Gasteiger partial charge in [-0.3, -0.25) is 4.79 Å². The Hall–Kier alpha value is -0.830. The largest absolute Gasteiger partial charge is 0.351 e. The zero-order valence-electron chi connectivity index (χ0n) is 7.30. The van der Waals surface area contributed by atoms with Crippen molar-refractivity contribution in [3.05, 3.63) is 33.8 Å². The molecule has 1 aromatic rings. The SMILES string of the molecule is C[C@H]1C(=O)NCc2cc(Br)ccc21. The first kappa shape index (κ1) is 8.75. The third-order valence-electron chi connectivity index (χ3n) is 2.42. The summed E-state index contributed by atoms with van der Waals surface area (Å²) in [5.74, 6) is 0.103. The average molecular weight is 240 g/mol. The standard InChI is InChI=1S/C10H10BrNO/c1-6-9-3-2-8(11)4-7(9)5-12-10(6)13/h2-4,6H,5H2,1H3,(H,12,13)/t6-/m1/s1. The maximum Gasteiger partial charge on any atom is 0.227 e. The maximum atomic E-state index is 11.3. The van der Waals surface area contributed by atoms with E-state index < -0.39 is 0 Å². The van der Waals surface area contributed by atoms with Gasteiger partial charge < -0.3 is 5.32 Å². The van der Waals surface area contributed by atoms with E-state index in [0.717, 1.165) is 10.0 Å². The van der Waals surface area contributed by atoms with Crippen molar-refractivity contribution in [3.63, 3.8) is 0 Å². The Balaban J connectivity index is 2.49. The third kappa shape index (κ3) is 1.48. The molecular formula is C10H10BrNO. The molecule has 1 heterocycles. The Morgan fingerprint density at radius 1 is 1.54 bits per heavy atom. The highest BCUT2D eigenvalue weighted by Gasteiger charge is 2.22. The number of nitrogens with one attached hydrogen (secondary N) is 1. The molecule has 1 N–H and O–H groups in total. The molecule has 2 rings (SSSR count). The van der Waals surface area contributed by atoms with Crippen molar-refractivity contribution < 1.29 is 4.79 Å². The Morgan fingerprint density at radius 2 is 2.31 bits per heavy atom. The van der Waals surface area contributed by atoms with Crippen molar-refractivity contribution >= 4 is 21.8 Å². The summed E-state index contributed by atoms with van der Waals surface area (Å²) in [7, 11) is 0. The monoisotopic (exact) mass is 239 g/mol. The normalized spacial score (nSPS) is 20.8. The van der Waals surface area contributed by atoms with Crippen LogP contribution in [0.5, 0.6) is 0 Å². The summed E-state index contributed by atoms with van der Waals surface area (Å²) in [5.41, 5.74) is 2.36. The topological polar surface area (TPSA) is 29.1 Å². The quantitative estimate of drug-likeness (QED) is 0.739. The summed E-state index contributed by atoms with van der Waals surface area (Å²) in [6.07, 6.45) is 0. The number of carbonyl (C=O) groups is 1. The van der Waals surface area contributed by atoms with Crippen LogP contribution in [0.4, 0.5) is 0 Å². The molecule has 1 aliphatic rings. The molecule has 1 atom stereocenters. The van der Waals surface area contributed by atoms with E-state index in [1.807, 2.05) is 19.1 Å². The van der Waals surface area contributed by atoms with Gasteiger partial charge in [0.15, 0.2) is 0 Å². The van der Waals surface area contributed by atoms with Crippen LogP contribution in [0.2, 0.25) is 0 Å². The smallest absolute Gasteiger partial charge is 0.227 e. The molecule has 0 saturated carbocycles. The van der Waals surface area contributed by atoms with Gasteiger partial charge in [0.25, 0.3) is 0 Å². The summed E-state index contributed by atoms with van der Waals surface area (Å²) in [6.45, 7) is 2.58. The molecule has 68 valence electrons. The second kappa shape index (κ2) is 3.14. The van der Waals surface area contributed by atoms with Crippen molar-refractivity contribution in [2.24, 2.45) is 0 Å². The summed E-state index contributed by atoms with van der Waals surface area (Å²) >= 11 is 3.41. The molecule has 1 aromatic carbocycles. The molecular weight excluding hydrogens is 230 g/mol. The molecule has 0 fully saturated rings. The molecule has 1 aliphatic heterocycles. The van der Waals surface area contributed by atoms with Gasteiger partial charge in [0.05, 0.1) is 5.92 Å². The lowest BCUT2D eigenvalue weighted by Gasteiger charge is -2.22. The fourth-order valence-electron chi connectivity index (χ4n) is 1.63. The molecule has 13 heavy (non-hydrogen) atoms. The van der Waals surface area contributed by atoms with Crippen LogP contribution in [0.15, 0.2) is 22.7 Å². The number of carbonyl (C=O) groups excluding carboxylic acids is 1. The highest BCUT2D eigenvalue weighted by molar-refractivity contribution is 9.10. The first-order chi connectivity index (χ1) is 6.18. The molecule has 0 spiro atoms. The summed E-state index contributed by atoms with van der Waals surface area (Å²) < 4.78 is 1.06. The van der Waals surface area contributed by atoms with Crippen molar-refractivity contribution in [3.8, 4) is 0 Å². The lowest BCUT2D eigenvalue weighted by Crippen LogP contribution is -2.33. The fraction of sp³-hybridized carbons (Fsp3) is 0.300. The van der Waals surface area contributed by atoms with Gasteiger partial charge in [-0.2, -0.15) is 0 Å². The number of hydrogen-bond donors (Lipinski definition) is 1. The van der Waals surface area contributed by atoms with Crippen LogP contribution in [0, 0.1) is 0 Å². The zero-order valence-corrected chi connectivity index (χ0v) is 8.89. The molecule has 0 radical (unpaired) electrons. The Labute approximate surface area is 85.5 Å². The van der Waals surface area contributed by atoms with Gasteiger partial charge in [-0.25, -0.2) is 0 Å². The van der Waals surface area contributed by atoms with E-state index in [4.69, 9.17) is 0 Å². The Bertz CT molecular complexity index is 362. The molecule has 1 amide bonds. The van der Waals surface area contributed by atoms with Crippen LogP contribution in [-0.4, -0.2) is 5.91 Å². The molecule has 3 heteroatoms. The summed E-state index contributed by atoms with van der Waals surface area (Å²) in [4.78, 5) is 11.3. The fourth-order valence-corrected chi connectivity index (χ4v) is 2.04. The van der Waals surface area contributed by atoms with Crippen LogP contribution >= 0.6 is 15.9 Å². The van der Waals surface area contributed by atoms with Crippen molar-refractivity contribution in [1.82, 2.24) is 5.32 Å². The number of hydrogen-bond acceptors (Lipinski definition) is 1. The van der Waals surface area contributed by atoms with Gasteiger partial charge in [-0.1, -0.05) is 22.0 Å². The van der Waals surface area contributed by atoms with E-state index in [-0.39, 0.29) is 11.8 Å². The van der Waals surface area contributed by atoms with E-state index >= 15 is 0 Å². The van der Waals surface area contributed by atoms with Crippen LogP contribution in [-0.2, 0) is 11.3 Å². The predicted octanol–water partition coefficient (Wildman–Crippen LogP) is 2.18. The molecule has 2 nitrogen and oxygen atoms in total. The lowest BCUT2D eigenvalue weighted by atomic mass is 9.92. The van der Waals surface area contributed by atoms with Gasteiger partial charge in [0, 0.05) is 11.0 Å². The lowest BCUT2D eigenvalue weighted by molar-refractivity contribution is -0.122. The number of fused-ring (bicyclic) bond motifs is 1. The summed E-state index contributed by atoms with van der Waals surface area (Å²) in [5, 5.41) is 2.86. The van der Waals surface area contributed by atoms with Gasteiger partial charge in [-0.15, -0.1) is 0 Å². The van der Waals surface area contributed by atoms with Crippen molar-refractivity contribution in [1.29, 1.82) is 0 Å². The van der Waals surface area contributed by atoms with E-state index in [0.29, 0.717) is 6.54 Å². The highest BCUT2D eigenvalue weighted by Crippen LogP contribution is 2.26. The number of halogens is 1. The van der Waals surface area contributed by atoms with Crippen LogP contribution in [0.25, 0.3) is 0 Å². The highest BCUT2D eigenvalue weighted by atomic mass is 79.9. The van der Waals surface area contributed by atoms with Gasteiger partial charge in [0.1, 0.15) is 0 Å². The first-order valence-electron chi connectivity index (χ1n) is 4.24. The van der Waals surface area contributed by atoms with E-state index in [1.165, 1.54) is 5.56 Å². The minimum Gasteiger partial charge on any atom is -0.351 e. The minimum atomic E-state index is -0.0168. The number of amides is 1. The zero-order chi connectivity index (χ0) is 9.42. The Morgan fingerprint density at radius 3 is 3.08 bits per heavy atom. The van der Waals surface area contributed by atoms with Gasteiger partial charge >= 0.3 is 0 Å². The number of rotatable bonds is 0. The predicted molar refractivity (Wildman–Crippen MR) is 54.4 cm³/mol. The maximum absolute atomic E-state index is 11.3. The third-order valence-corrected chi connectivity index (χ3v) is 2.91. The molecule has 0 unspecified atom stereocenters. The van der Waals surface area contributed by atoms with E-state index in [9.17, 15) is 4.79 Å². The number of benzene rings is 1. The van der Waals surface area contributed by atoms with E-state index in [2.05, 4.69) is 27.3 Å². The summed E-state index contributed by atoms with van der Waals surface area (Å²) in [6, 6.07) is 6.06. The van der Waals surface area contributed by atoms with Gasteiger partial charge in [0.2, 0.25) is 5.91 Å². The molecule has 0 bridgehead atoms. The Kier molecular flexibility index (Phi) is 2.12. The van der Waals surface area contributed by atoms with Crippen LogP contribution < -0.4 is 5.32 Å². The van der Waals surface area contributed by atoms with Crippen LogP contribution in [0.1, 0.15) is 24.0 Å². The molecule has 0 saturated heterocycles. The van der Waals surface area contributed by atoms with Gasteiger partial charge in [-0.05, 0) is 30.2 Å².